The van der Waals surface area contributed by atoms with Gasteiger partial charge < -0.3 is 31.2 Å². The van der Waals surface area contributed by atoms with Crippen molar-refractivity contribution in [2.24, 2.45) is 0 Å². The van der Waals surface area contributed by atoms with Crippen LogP contribution in [0.15, 0.2) is 53.5 Å². The molecule has 1 aromatic carbocycles. The van der Waals surface area contributed by atoms with E-state index < -0.39 is 23.6 Å². The highest BCUT2D eigenvalue weighted by Crippen LogP contribution is 2.35. The first-order valence-corrected chi connectivity index (χ1v) is 18.7. The number of anilines is 3. The molecule has 14 nitrogen and oxygen atoms in total. The maximum absolute atomic E-state index is 13.3. The zero-order valence-corrected chi connectivity index (χ0v) is 30.9. The minimum atomic E-state index is -4.45. The molecule has 0 spiro atoms. The number of nitrogen functional groups attached to an aromatic ring is 2. The number of ether oxygens (including phenoxy) is 2. The third-order valence-corrected chi connectivity index (χ3v) is 10.6. The monoisotopic (exact) mass is 812 g/mol. The van der Waals surface area contributed by atoms with Crippen LogP contribution in [0.3, 0.4) is 0 Å². The van der Waals surface area contributed by atoms with Crippen LogP contribution in [-0.4, -0.2) is 65.5 Å². The fourth-order valence-corrected chi connectivity index (χ4v) is 7.35. The molecule has 2 unspecified atom stereocenters. The van der Waals surface area contributed by atoms with E-state index in [1.807, 2.05) is 4.68 Å². The number of carbonyl (C=O) groups is 2. The molecule has 0 radical (unpaired) electrons. The van der Waals surface area contributed by atoms with E-state index in [9.17, 15) is 22.8 Å². The third-order valence-electron chi connectivity index (χ3n) is 9.98. The van der Waals surface area contributed by atoms with E-state index in [2.05, 4.69) is 41.4 Å². The molecule has 5 N–H and O–H groups in total. The fraction of sp³-hybridized carbons (Fsp3) is 0.444. The normalized spacial score (nSPS) is 19.2. The van der Waals surface area contributed by atoms with Crippen molar-refractivity contribution in [3.8, 4) is 0 Å². The van der Waals surface area contributed by atoms with Crippen molar-refractivity contribution in [2.75, 3.05) is 30.0 Å². The number of pyridine rings is 2. The average molecular weight is 814 g/mol. The molecule has 4 aromatic heterocycles. The highest BCUT2D eigenvalue weighted by molar-refractivity contribution is 9.10. The van der Waals surface area contributed by atoms with Gasteiger partial charge in [0.15, 0.2) is 12.5 Å². The van der Waals surface area contributed by atoms with Crippen LogP contribution in [0.4, 0.5) is 30.5 Å². The predicted molar refractivity (Wildman–Crippen MR) is 198 cm³/mol. The van der Waals surface area contributed by atoms with Gasteiger partial charge >= 0.3 is 18.0 Å². The number of aromatic nitrogens is 6. The van der Waals surface area contributed by atoms with Gasteiger partial charge in [-0.25, -0.2) is 19.3 Å². The third kappa shape index (κ3) is 7.86. The number of benzene rings is 1. The van der Waals surface area contributed by atoms with Crippen LogP contribution >= 0.6 is 15.9 Å². The minimum absolute atomic E-state index is 0.0133. The first-order valence-electron chi connectivity index (χ1n) is 17.9. The summed E-state index contributed by atoms with van der Waals surface area (Å²) in [6.07, 6.45) is 9.93. The molecular weight excluding hydrogens is 773 g/mol. The molecule has 8 rings (SSSR count). The van der Waals surface area contributed by atoms with Gasteiger partial charge in [0.25, 0.3) is 0 Å². The van der Waals surface area contributed by atoms with E-state index in [0.717, 1.165) is 85.5 Å². The van der Waals surface area contributed by atoms with Crippen molar-refractivity contribution >= 4 is 66.9 Å². The molecule has 18 heteroatoms. The lowest BCUT2D eigenvalue weighted by Crippen LogP contribution is -2.48. The summed E-state index contributed by atoms with van der Waals surface area (Å²) in [5, 5.41) is 12.8. The zero-order chi connectivity index (χ0) is 38.0. The first-order chi connectivity index (χ1) is 26.0. The predicted octanol–water partition coefficient (Wildman–Crippen LogP) is 6.73. The molecule has 3 fully saturated rings. The number of carbonyl (C=O) groups excluding carboxylic acids is 2. The van der Waals surface area contributed by atoms with E-state index in [4.69, 9.17) is 20.9 Å². The second kappa shape index (κ2) is 15.9. The molecule has 6 heterocycles. The van der Waals surface area contributed by atoms with Gasteiger partial charge in [-0.3, -0.25) is 9.59 Å². The summed E-state index contributed by atoms with van der Waals surface area (Å²) in [7, 11) is 0. The van der Waals surface area contributed by atoms with E-state index in [0.29, 0.717) is 28.9 Å². The van der Waals surface area contributed by atoms with Crippen LogP contribution in [0.2, 0.25) is 0 Å². The van der Waals surface area contributed by atoms with Crippen LogP contribution < -0.4 is 16.8 Å². The standard InChI is InChI=1S/C25H27F3N6O3.C11H13BrN4O/c26-25(27,28)16-9-7-15(8-10-16)14-33(17-4-3-5-17)24(36)23(35)32-19-13-30-22(29)18-12-31-34(21(18)19)20-6-1-2-11-37-20;12-8-6-14-11(13)7-5-15-16(10(7)8)9-3-1-2-4-17-9/h7-10,12-13,17,20H,1-6,11,14H2,(H2,29,30)(H,32,35);5-6,9H,1-4H2,(H2,13,14). The largest absolute Gasteiger partial charge is 0.416 e. The summed E-state index contributed by atoms with van der Waals surface area (Å²) in [4.78, 5) is 36.1. The number of nitrogens with two attached hydrogens (primary N) is 2. The van der Waals surface area contributed by atoms with Gasteiger partial charge in [-0.1, -0.05) is 12.1 Å². The Morgan fingerprint density at radius 3 is 1.93 bits per heavy atom. The summed E-state index contributed by atoms with van der Waals surface area (Å²) < 4.78 is 54.8. The number of halogens is 4. The Balaban J connectivity index is 0.000000219. The highest BCUT2D eigenvalue weighted by atomic mass is 79.9. The summed E-state index contributed by atoms with van der Waals surface area (Å²) in [6.45, 7) is 1.41. The van der Waals surface area contributed by atoms with E-state index in [1.165, 1.54) is 29.7 Å². The molecule has 54 heavy (non-hydrogen) atoms. The first kappa shape index (κ1) is 37.5. The molecule has 2 saturated heterocycles. The van der Waals surface area contributed by atoms with Crippen molar-refractivity contribution in [3.05, 3.63) is 64.7 Å². The Morgan fingerprint density at radius 1 is 0.815 bits per heavy atom. The smallest absolute Gasteiger partial charge is 0.383 e. The van der Waals surface area contributed by atoms with Crippen molar-refractivity contribution < 1.29 is 32.2 Å². The SMILES string of the molecule is Nc1ncc(Br)c2c1cnn2C1CCCCO1.Nc1ncc(NC(=O)C(=O)N(Cc2ccc(C(F)(F)F)cc2)C2CCC2)c2c1cnn2C1CCCCO1. The Kier molecular flexibility index (Phi) is 11.0. The van der Waals surface area contributed by atoms with E-state index in [-0.39, 0.29) is 36.5 Å². The van der Waals surface area contributed by atoms with Gasteiger partial charge in [0.05, 0.1) is 50.6 Å². The Bertz CT molecular complexity index is 2130. The number of hydrogen-bond donors (Lipinski definition) is 3. The van der Waals surface area contributed by atoms with Gasteiger partial charge in [-0.05, 0) is 91.4 Å². The van der Waals surface area contributed by atoms with E-state index in [1.54, 1.807) is 23.3 Å². The Hall–Kier alpha value is -4.81. The minimum Gasteiger partial charge on any atom is -0.383 e. The maximum atomic E-state index is 13.3. The second-order valence-corrected chi connectivity index (χ2v) is 14.4. The van der Waals surface area contributed by atoms with Crippen LogP contribution in [-0.2, 0) is 31.8 Å². The molecule has 5 aromatic rings. The summed E-state index contributed by atoms with van der Waals surface area (Å²) in [5.74, 6) is -0.899. The Morgan fingerprint density at radius 2 is 1.39 bits per heavy atom. The number of hydrogen-bond acceptors (Lipinski definition) is 10. The van der Waals surface area contributed by atoms with Crippen LogP contribution in [0.25, 0.3) is 21.8 Å². The number of alkyl halides is 3. The second-order valence-electron chi connectivity index (χ2n) is 13.6. The van der Waals surface area contributed by atoms with Crippen molar-refractivity contribution in [1.29, 1.82) is 0 Å². The van der Waals surface area contributed by atoms with Crippen molar-refractivity contribution in [1.82, 2.24) is 34.4 Å². The lowest BCUT2D eigenvalue weighted by Gasteiger charge is -2.37. The molecular formula is C36H40BrF3N10O4. The topological polar surface area (TPSA) is 181 Å². The lowest BCUT2D eigenvalue weighted by atomic mass is 9.91. The molecule has 2 atom stereocenters. The summed E-state index contributed by atoms with van der Waals surface area (Å²) in [5.41, 5.74) is 13.4. The number of fused-ring (bicyclic) bond motifs is 2. The maximum Gasteiger partial charge on any atom is 0.416 e. The van der Waals surface area contributed by atoms with Gasteiger partial charge in [-0.2, -0.15) is 23.4 Å². The lowest BCUT2D eigenvalue weighted by molar-refractivity contribution is -0.146. The molecule has 0 bridgehead atoms. The molecule has 2 aliphatic heterocycles. The average Bonchev–Trinajstić information content (AvgIpc) is 3.82. The zero-order valence-electron chi connectivity index (χ0n) is 29.3. The molecule has 1 saturated carbocycles. The Labute approximate surface area is 316 Å². The quantitative estimate of drug-likeness (QED) is 0.156. The van der Waals surface area contributed by atoms with Gasteiger partial charge in [0, 0.05) is 32.0 Å². The highest BCUT2D eigenvalue weighted by Gasteiger charge is 2.34. The number of nitrogens with zero attached hydrogens (tertiary/aromatic N) is 7. The molecule has 1 aliphatic carbocycles. The van der Waals surface area contributed by atoms with Gasteiger partial charge in [0.2, 0.25) is 0 Å². The van der Waals surface area contributed by atoms with E-state index >= 15 is 0 Å². The summed E-state index contributed by atoms with van der Waals surface area (Å²) in [6, 6.07) is 4.45. The number of rotatable bonds is 6. The molecule has 2 amide bonds. The molecule has 3 aliphatic rings. The van der Waals surface area contributed by atoms with Gasteiger partial charge in [-0.15, -0.1) is 0 Å². The summed E-state index contributed by atoms with van der Waals surface area (Å²) >= 11 is 3.49. The number of amides is 2. The molecule has 286 valence electrons. The van der Waals surface area contributed by atoms with Gasteiger partial charge in [0.1, 0.15) is 17.2 Å². The van der Waals surface area contributed by atoms with Crippen molar-refractivity contribution in [2.45, 2.75) is 89.0 Å². The number of nitrogens with one attached hydrogen (secondary N) is 1. The van der Waals surface area contributed by atoms with Crippen molar-refractivity contribution in [3.63, 3.8) is 0 Å². The van der Waals surface area contributed by atoms with Crippen LogP contribution in [0, 0.1) is 0 Å². The van der Waals surface area contributed by atoms with Crippen LogP contribution in [0.5, 0.6) is 0 Å². The fourth-order valence-electron chi connectivity index (χ4n) is 6.86. The van der Waals surface area contributed by atoms with Crippen LogP contribution in [0.1, 0.15) is 81.4 Å².